The molecule has 0 saturated carbocycles. The first-order chi connectivity index (χ1) is 7.72. The van der Waals surface area contributed by atoms with Crippen LogP contribution in [0.3, 0.4) is 0 Å². The van der Waals surface area contributed by atoms with Gasteiger partial charge >= 0.3 is 5.97 Å². The number of imidazole rings is 1. The van der Waals surface area contributed by atoms with Crippen molar-refractivity contribution in [2.45, 2.75) is 26.2 Å². The standard InChI is InChI=1S/C12H18N2O2/c1-3-4-11-9(7-16-12(11)15)5-10-6-13-8-14(10)2/h6,8-9,11H,3-5,7H2,1-2H3/t9-,11-/m0/s1. The Hall–Kier alpha value is -1.32. The fraction of sp³-hybridized carbons (Fsp3) is 0.667. The summed E-state index contributed by atoms with van der Waals surface area (Å²) in [5.74, 6) is 0.386. The van der Waals surface area contributed by atoms with Crippen molar-refractivity contribution in [3.05, 3.63) is 18.2 Å². The molecule has 0 amide bonds. The lowest BCUT2D eigenvalue weighted by atomic mass is 9.88. The maximum atomic E-state index is 11.5. The summed E-state index contributed by atoms with van der Waals surface area (Å²) >= 11 is 0. The van der Waals surface area contributed by atoms with Gasteiger partial charge in [0.2, 0.25) is 0 Å². The van der Waals surface area contributed by atoms with E-state index in [1.54, 1.807) is 6.33 Å². The minimum Gasteiger partial charge on any atom is -0.465 e. The molecule has 1 saturated heterocycles. The van der Waals surface area contributed by atoms with E-state index in [0.29, 0.717) is 12.5 Å². The third-order valence-electron chi connectivity index (χ3n) is 3.30. The zero-order valence-electron chi connectivity index (χ0n) is 9.85. The van der Waals surface area contributed by atoms with Gasteiger partial charge in [-0.3, -0.25) is 4.79 Å². The Morgan fingerprint density at radius 3 is 3.06 bits per heavy atom. The van der Waals surface area contributed by atoms with Gasteiger partial charge in [0.05, 0.1) is 18.9 Å². The number of rotatable bonds is 4. The maximum absolute atomic E-state index is 11.5. The Morgan fingerprint density at radius 2 is 2.44 bits per heavy atom. The van der Waals surface area contributed by atoms with Gasteiger partial charge in [-0.15, -0.1) is 0 Å². The number of ether oxygens (including phenoxy) is 1. The average Bonchev–Trinajstić information content (AvgIpc) is 2.80. The molecule has 1 aliphatic rings. The third kappa shape index (κ3) is 2.10. The molecule has 0 N–H and O–H groups in total. The van der Waals surface area contributed by atoms with Crippen LogP contribution in [0.2, 0.25) is 0 Å². The Kier molecular flexibility index (Phi) is 3.27. The van der Waals surface area contributed by atoms with Crippen molar-refractivity contribution in [1.82, 2.24) is 9.55 Å². The number of esters is 1. The first-order valence-corrected chi connectivity index (χ1v) is 5.84. The highest BCUT2D eigenvalue weighted by Gasteiger charge is 2.36. The Morgan fingerprint density at radius 1 is 1.62 bits per heavy atom. The van der Waals surface area contributed by atoms with E-state index in [0.717, 1.165) is 19.3 Å². The second-order valence-corrected chi connectivity index (χ2v) is 4.49. The van der Waals surface area contributed by atoms with Crippen LogP contribution in [0.4, 0.5) is 0 Å². The predicted octanol–water partition coefficient (Wildman–Crippen LogP) is 1.55. The van der Waals surface area contributed by atoms with Crippen molar-refractivity contribution in [2.24, 2.45) is 18.9 Å². The van der Waals surface area contributed by atoms with E-state index in [2.05, 4.69) is 11.9 Å². The van der Waals surface area contributed by atoms with Crippen LogP contribution in [0.15, 0.2) is 12.5 Å². The quantitative estimate of drug-likeness (QED) is 0.726. The molecule has 0 aromatic carbocycles. The largest absolute Gasteiger partial charge is 0.465 e. The Balaban J connectivity index is 2.04. The van der Waals surface area contributed by atoms with E-state index >= 15 is 0 Å². The minimum absolute atomic E-state index is 0.0194. The molecule has 0 spiro atoms. The lowest BCUT2D eigenvalue weighted by Crippen LogP contribution is -2.18. The van der Waals surface area contributed by atoms with Gasteiger partial charge in [0.1, 0.15) is 0 Å². The number of cyclic esters (lactones) is 1. The van der Waals surface area contributed by atoms with E-state index in [1.165, 1.54) is 5.69 Å². The van der Waals surface area contributed by atoms with Gasteiger partial charge in [-0.25, -0.2) is 4.98 Å². The fourth-order valence-corrected chi connectivity index (χ4v) is 2.32. The molecule has 0 bridgehead atoms. The van der Waals surface area contributed by atoms with E-state index in [4.69, 9.17) is 4.74 Å². The molecule has 1 aliphatic heterocycles. The van der Waals surface area contributed by atoms with E-state index in [-0.39, 0.29) is 11.9 Å². The van der Waals surface area contributed by atoms with Crippen LogP contribution >= 0.6 is 0 Å². The summed E-state index contributed by atoms with van der Waals surface area (Å²) in [4.78, 5) is 15.6. The molecule has 88 valence electrons. The molecule has 2 heterocycles. The topological polar surface area (TPSA) is 44.1 Å². The summed E-state index contributed by atoms with van der Waals surface area (Å²) in [5, 5.41) is 0. The molecule has 0 unspecified atom stereocenters. The highest BCUT2D eigenvalue weighted by Crippen LogP contribution is 2.29. The molecule has 1 aromatic heterocycles. The fourth-order valence-electron chi connectivity index (χ4n) is 2.32. The summed E-state index contributed by atoms with van der Waals surface area (Å²) in [6, 6.07) is 0. The maximum Gasteiger partial charge on any atom is 0.309 e. The van der Waals surface area contributed by atoms with Crippen molar-refractivity contribution in [3.63, 3.8) is 0 Å². The van der Waals surface area contributed by atoms with Gasteiger partial charge in [-0.05, 0) is 12.8 Å². The summed E-state index contributed by atoms with van der Waals surface area (Å²) in [6.45, 7) is 2.67. The lowest BCUT2D eigenvalue weighted by molar-refractivity contribution is -0.141. The molecular weight excluding hydrogens is 204 g/mol. The van der Waals surface area contributed by atoms with E-state index in [1.807, 2.05) is 17.8 Å². The Bertz CT molecular complexity index is 373. The van der Waals surface area contributed by atoms with Crippen LogP contribution in [0, 0.1) is 11.8 Å². The van der Waals surface area contributed by atoms with E-state index < -0.39 is 0 Å². The van der Waals surface area contributed by atoms with Gasteiger partial charge < -0.3 is 9.30 Å². The lowest BCUT2D eigenvalue weighted by Gasteiger charge is -2.14. The predicted molar refractivity (Wildman–Crippen MR) is 59.8 cm³/mol. The smallest absolute Gasteiger partial charge is 0.309 e. The van der Waals surface area contributed by atoms with Crippen molar-refractivity contribution in [3.8, 4) is 0 Å². The van der Waals surface area contributed by atoms with Crippen LogP contribution < -0.4 is 0 Å². The number of hydrogen-bond donors (Lipinski definition) is 0. The number of hydrogen-bond acceptors (Lipinski definition) is 3. The Labute approximate surface area is 95.6 Å². The van der Waals surface area contributed by atoms with Crippen molar-refractivity contribution >= 4 is 5.97 Å². The summed E-state index contributed by atoms with van der Waals surface area (Å²) < 4.78 is 7.16. The first kappa shape index (κ1) is 11.2. The zero-order chi connectivity index (χ0) is 11.5. The van der Waals surface area contributed by atoms with Gasteiger partial charge in [0.25, 0.3) is 0 Å². The average molecular weight is 222 g/mol. The highest BCUT2D eigenvalue weighted by atomic mass is 16.5. The molecular formula is C12H18N2O2. The second-order valence-electron chi connectivity index (χ2n) is 4.49. The van der Waals surface area contributed by atoms with Crippen LogP contribution in [0.25, 0.3) is 0 Å². The van der Waals surface area contributed by atoms with E-state index in [9.17, 15) is 4.79 Å². The van der Waals surface area contributed by atoms with Crippen LogP contribution in [0.5, 0.6) is 0 Å². The molecule has 4 heteroatoms. The molecule has 2 atom stereocenters. The zero-order valence-corrected chi connectivity index (χ0v) is 9.85. The van der Waals surface area contributed by atoms with Gasteiger partial charge in [-0.2, -0.15) is 0 Å². The number of aromatic nitrogens is 2. The molecule has 1 aromatic rings. The van der Waals surface area contributed by atoms with Crippen LogP contribution in [-0.4, -0.2) is 22.1 Å². The summed E-state index contributed by atoms with van der Waals surface area (Å²) in [7, 11) is 1.98. The molecule has 0 aliphatic carbocycles. The van der Waals surface area contributed by atoms with Crippen molar-refractivity contribution in [1.29, 1.82) is 0 Å². The monoisotopic (exact) mass is 222 g/mol. The number of carbonyl (C=O) groups is 1. The molecule has 1 fully saturated rings. The van der Waals surface area contributed by atoms with Gasteiger partial charge in [-0.1, -0.05) is 13.3 Å². The molecule has 2 rings (SSSR count). The number of aryl methyl sites for hydroxylation is 1. The number of carbonyl (C=O) groups excluding carboxylic acids is 1. The summed E-state index contributed by atoms with van der Waals surface area (Å²) in [5.41, 5.74) is 1.17. The minimum atomic E-state index is -0.0194. The van der Waals surface area contributed by atoms with Crippen molar-refractivity contribution in [2.75, 3.05) is 6.61 Å². The van der Waals surface area contributed by atoms with Gasteiger partial charge in [0, 0.05) is 24.9 Å². The summed E-state index contributed by atoms with van der Waals surface area (Å²) in [6.07, 6.45) is 6.50. The molecule has 16 heavy (non-hydrogen) atoms. The molecule has 4 nitrogen and oxygen atoms in total. The highest BCUT2D eigenvalue weighted by molar-refractivity contribution is 5.74. The SMILES string of the molecule is CCC[C@@H]1C(=O)OC[C@@H]1Cc1cncn1C. The number of nitrogens with zero attached hydrogens (tertiary/aromatic N) is 2. The normalized spacial score (nSPS) is 24.8. The second kappa shape index (κ2) is 4.68. The van der Waals surface area contributed by atoms with Crippen LogP contribution in [-0.2, 0) is 23.0 Å². The molecule has 0 radical (unpaired) electrons. The van der Waals surface area contributed by atoms with Gasteiger partial charge in [0.15, 0.2) is 0 Å². The van der Waals surface area contributed by atoms with Crippen LogP contribution in [0.1, 0.15) is 25.5 Å². The third-order valence-corrected chi connectivity index (χ3v) is 3.30. The first-order valence-electron chi connectivity index (χ1n) is 5.84. The van der Waals surface area contributed by atoms with Crippen molar-refractivity contribution < 1.29 is 9.53 Å².